The summed E-state index contributed by atoms with van der Waals surface area (Å²) in [7, 11) is 0. The van der Waals surface area contributed by atoms with E-state index in [-0.39, 0.29) is 0 Å². The number of rotatable bonds is 1. The Morgan fingerprint density at radius 2 is 2.29 bits per heavy atom. The highest BCUT2D eigenvalue weighted by Gasteiger charge is 2.32. The molecule has 1 aliphatic rings. The van der Waals surface area contributed by atoms with Gasteiger partial charge in [-0.2, -0.15) is 14.8 Å². The fraction of sp³-hybridized carbons (Fsp3) is 0.556. The predicted molar refractivity (Wildman–Crippen MR) is 52.6 cm³/mol. The lowest BCUT2D eigenvalue weighted by molar-refractivity contribution is -0.00351. The summed E-state index contributed by atoms with van der Waals surface area (Å²) in [6, 6.07) is 0. The number of nitrogens with zero attached hydrogens (tertiary/aromatic N) is 3. The highest BCUT2D eigenvalue weighted by atomic mass is 16.3. The first-order valence-electron chi connectivity index (χ1n) is 4.68. The topological polar surface area (TPSA) is 63.0 Å². The van der Waals surface area contributed by atoms with Crippen molar-refractivity contribution in [1.29, 1.82) is 0 Å². The maximum Gasteiger partial charge on any atom is 0.228 e. The lowest BCUT2D eigenvalue weighted by atomic mass is 10.1. The summed E-state index contributed by atoms with van der Waals surface area (Å²) in [5.74, 6) is 1.26. The van der Waals surface area contributed by atoms with Crippen LogP contribution in [0.1, 0.15) is 26.1 Å². The fourth-order valence-corrected chi connectivity index (χ4v) is 1.64. The van der Waals surface area contributed by atoms with E-state index in [4.69, 9.17) is 0 Å². The molecule has 0 spiro atoms. The second-order valence-corrected chi connectivity index (χ2v) is 3.58. The van der Waals surface area contributed by atoms with Crippen LogP contribution in [0.3, 0.4) is 0 Å². The van der Waals surface area contributed by atoms with Crippen molar-refractivity contribution < 1.29 is 5.11 Å². The molecule has 0 fully saturated rings. The first-order chi connectivity index (χ1) is 6.55. The van der Waals surface area contributed by atoms with Crippen molar-refractivity contribution in [2.45, 2.75) is 32.9 Å². The van der Waals surface area contributed by atoms with Gasteiger partial charge in [-0.25, -0.2) is 0 Å². The van der Waals surface area contributed by atoms with Gasteiger partial charge < -0.3 is 10.4 Å². The molecule has 14 heavy (non-hydrogen) atoms. The minimum atomic E-state index is -1.04. The molecular formula is C9H14N4O. The summed E-state index contributed by atoms with van der Waals surface area (Å²) >= 11 is 0. The van der Waals surface area contributed by atoms with E-state index in [0.717, 1.165) is 5.70 Å². The van der Waals surface area contributed by atoms with Crippen molar-refractivity contribution in [3.8, 4) is 0 Å². The van der Waals surface area contributed by atoms with Gasteiger partial charge in [0.25, 0.3) is 0 Å². The number of aryl methyl sites for hydroxylation is 1. The number of fused-ring (bicyclic) bond motifs is 1. The summed E-state index contributed by atoms with van der Waals surface area (Å²) in [4.78, 5) is 4.18. The van der Waals surface area contributed by atoms with E-state index in [1.165, 1.54) is 4.68 Å². The van der Waals surface area contributed by atoms with Crippen LogP contribution in [0.5, 0.6) is 0 Å². The Balaban J connectivity index is 2.55. The summed E-state index contributed by atoms with van der Waals surface area (Å²) in [5, 5.41) is 17.5. The zero-order valence-corrected chi connectivity index (χ0v) is 8.57. The molecule has 0 saturated carbocycles. The number of allylic oxidation sites excluding steroid dienone is 1. The molecule has 1 unspecified atom stereocenters. The monoisotopic (exact) mass is 194 g/mol. The van der Waals surface area contributed by atoms with Crippen LogP contribution in [0.25, 0.3) is 0 Å². The molecule has 0 saturated heterocycles. The third-order valence-corrected chi connectivity index (χ3v) is 2.36. The predicted octanol–water partition coefficient (Wildman–Crippen LogP) is 0.971. The molecule has 2 N–H and O–H groups in total. The van der Waals surface area contributed by atoms with E-state index in [1.54, 1.807) is 13.0 Å². The van der Waals surface area contributed by atoms with Crippen molar-refractivity contribution in [2.24, 2.45) is 0 Å². The van der Waals surface area contributed by atoms with Crippen LogP contribution in [0, 0.1) is 6.92 Å². The van der Waals surface area contributed by atoms with Crippen LogP contribution in [-0.4, -0.2) is 19.9 Å². The van der Waals surface area contributed by atoms with Gasteiger partial charge in [-0.15, -0.1) is 0 Å². The Labute approximate surface area is 82.5 Å². The molecule has 5 heteroatoms. The molecule has 5 nitrogen and oxygen atoms in total. The number of anilines is 1. The highest BCUT2D eigenvalue weighted by Crippen LogP contribution is 2.28. The number of hydrogen-bond acceptors (Lipinski definition) is 4. The lowest BCUT2D eigenvalue weighted by Crippen LogP contribution is -2.36. The molecule has 0 radical (unpaired) electrons. The van der Waals surface area contributed by atoms with Crippen molar-refractivity contribution in [3.05, 3.63) is 17.6 Å². The van der Waals surface area contributed by atoms with E-state index in [9.17, 15) is 5.11 Å². The standard InChI is InChI=1S/C9H14N4O/c1-4-9(14)5-6(2)10-8-11-7(3)12-13(8)9/h5,14H,4H2,1-3H3,(H,10,11,12). The normalized spacial score (nSPS) is 25.3. The number of hydrogen-bond donors (Lipinski definition) is 2. The Hall–Kier alpha value is -1.36. The molecule has 76 valence electrons. The Morgan fingerprint density at radius 1 is 1.57 bits per heavy atom. The van der Waals surface area contributed by atoms with Crippen LogP contribution in [0.2, 0.25) is 0 Å². The van der Waals surface area contributed by atoms with Gasteiger partial charge in [-0.3, -0.25) is 0 Å². The number of aliphatic hydroxyl groups is 1. The van der Waals surface area contributed by atoms with Crippen LogP contribution in [0.15, 0.2) is 11.8 Å². The van der Waals surface area contributed by atoms with E-state index in [2.05, 4.69) is 15.4 Å². The van der Waals surface area contributed by atoms with Gasteiger partial charge in [-0.05, 0) is 26.3 Å². The van der Waals surface area contributed by atoms with Crippen LogP contribution < -0.4 is 5.32 Å². The largest absolute Gasteiger partial charge is 0.366 e. The second kappa shape index (κ2) is 2.81. The summed E-state index contributed by atoms with van der Waals surface area (Å²) in [6.07, 6.45) is 2.33. The van der Waals surface area contributed by atoms with Gasteiger partial charge in [0.2, 0.25) is 5.95 Å². The molecular weight excluding hydrogens is 180 g/mol. The fourth-order valence-electron chi connectivity index (χ4n) is 1.64. The Morgan fingerprint density at radius 3 is 2.93 bits per heavy atom. The average Bonchev–Trinajstić information content (AvgIpc) is 2.46. The summed E-state index contributed by atoms with van der Waals surface area (Å²) in [5.41, 5.74) is -0.138. The molecule has 0 bridgehead atoms. The van der Waals surface area contributed by atoms with E-state index in [1.807, 2.05) is 13.8 Å². The summed E-state index contributed by atoms with van der Waals surface area (Å²) in [6.45, 7) is 5.61. The van der Waals surface area contributed by atoms with Gasteiger partial charge >= 0.3 is 0 Å². The van der Waals surface area contributed by atoms with Gasteiger partial charge in [0.15, 0.2) is 5.72 Å². The van der Waals surface area contributed by atoms with Crippen molar-refractivity contribution in [3.63, 3.8) is 0 Å². The summed E-state index contributed by atoms with van der Waals surface area (Å²) < 4.78 is 1.52. The average molecular weight is 194 g/mol. The minimum Gasteiger partial charge on any atom is -0.366 e. The van der Waals surface area contributed by atoms with Crippen LogP contribution in [0.4, 0.5) is 5.95 Å². The quantitative estimate of drug-likeness (QED) is 0.699. The lowest BCUT2D eigenvalue weighted by Gasteiger charge is -2.29. The van der Waals surface area contributed by atoms with E-state index >= 15 is 0 Å². The molecule has 1 aromatic rings. The van der Waals surface area contributed by atoms with Gasteiger partial charge in [0.1, 0.15) is 5.82 Å². The van der Waals surface area contributed by atoms with Crippen molar-refractivity contribution in [2.75, 3.05) is 5.32 Å². The molecule has 0 amide bonds. The van der Waals surface area contributed by atoms with Gasteiger partial charge in [-0.1, -0.05) is 6.92 Å². The molecule has 0 aliphatic carbocycles. The zero-order valence-electron chi connectivity index (χ0n) is 8.57. The molecule has 1 aromatic heterocycles. The third kappa shape index (κ3) is 1.21. The SMILES string of the molecule is CCC1(O)C=C(C)Nc2nc(C)nn21. The van der Waals surface area contributed by atoms with Crippen molar-refractivity contribution in [1.82, 2.24) is 14.8 Å². The molecule has 1 atom stereocenters. The smallest absolute Gasteiger partial charge is 0.228 e. The van der Waals surface area contributed by atoms with Crippen molar-refractivity contribution >= 4 is 5.95 Å². The molecule has 1 aliphatic heterocycles. The molecule has 0 aromatic carbocycles. The van der Waals surface area contributed by atoms with E-state index < -0.39 is 5.72 Å². The first kappa shape index (κ1) is 9.21. The number of aromatic nitrogens is 3. The molecule has 2 heterocycles. The van der Waals surface area contributed by atoms with Crippen LogP contribution >= 0.6 is 0 Å². The van der Waals surface area contributed by atoms with Gasteiger partial charge in [0, 0.05) is 5.70 Å². The van der Waals surface area contributed by atoms with Crippen LogP contribution in [-0.2, 0) is 5.72 Å². The second-order valence-electron chi connectivity index (χ2n) is 3.58. The number of nitrogens with one attached hydrogen (secondary N) is 1. The Bertz CT molecular complexity index is 396. The Kier molecular flexibility index (Phi) is 1.85. The van der Waals surface area contributed by atoms with E-state index in [0.29, 0.717) is 18.2 Å². The maximum atomic E-state index is 10.3. The zero-order chi connectivity index (χ0) is 10.3. The minimum absolute atomic E-state index is 0.571. The maximum absolute atomic E-state index is 10.3. The first-order valence-corrected chi connectivity index (χ1v) is 4.68. The third-order valence-electron chi connectivity index (χ3n) is 2.36. The molecule has 2 rings (SSSR count). The highest BCUT2D eigenvalue weighted by molar-refractivity contribution is 5.39. The van der Waals surface area contributed by atoms with Gasteiger partial charge in [0.05, 0.1) is 0 Å².